The van der Waals surface area contributed by atoms with Crippen LogP contribution in [0.15, 0.2) is 0 Å². The molecule has 2 heterocycles. The van der Waals surface area contributed by atoms with Gasteiger partial charge in [-0.25, -0.2) is 4.79 Å². The molecule has 3 unspecified atom stereocenters. The average molecular weight is 401 g/mol. The summed E-state index contributed by atoms with van der Waals surface area (Å²) in [5.74, 6) is -1.38. The SMILES string of the molecule is CSCCC(NC(=O)C1CCCN1)C(=O)NCC(=O)N1CCCC1C(=O)O. The molecule has 0 saturated carbocycles. The predicted molar refractivity (Wildman–Crippen MR) is 101 cm³/mol. The average Bonchev–Trinajstić information content (AvgIpc) is 3.34. The number of hydrogen-bond donors (Lipinski definition) is 4. The highest BCUT2D eigenvalue weighted by Crippen LogP contribution is 2.17. The molecule has 0 bridgehead atoms. The van der Waals surface area contributed by atoms with Gasteiger partial charge in [0.25, 0.3) is 0 Å². The van der Waals surface area contributed by atoms with Crippen LogP contribution in [0.2, 0.25) is 0 Å². The number of amides is 3. The maximum absolute atomic E-state index is 12.5. The van der Waals surface area contributed by atoms with Crippen LogP contribution in [0.3, 0.4) is 0 Å². The quantitative estimate of drug-likeness (QED) is 0.398. The van der Waals surface area contributed by atoms with Crippen molar-refractivity contribution >= 4 is 35.5 Å². The first-order chi connectivity index (χ1) is 12.9. The largest absolute Gasteiger partial charge is 0.480 e. The van der Waals surface area contributed by atoms with E-state index in [1.165, 1.54) is 4.90 Å². The summed E-state index contributed by atoms with van der Waals surface area (Å²) in [7, 11) is 0. The third-order valence-electron chi connectivity index (χ3n) is 4.89. The summed E-state index contributed by atoms with van der Waals surface area (Å²) < 4.78 is 0. The molecular formula is C17H28N4O5S. The molecule has 2 fully saturated rings. The predicted octanol–water partition coefficient (Wildman–Crippen LogP) is -0.832. The van der Waals surface area contributed by atoms with E-state index in [4.69, 9.17) is 5.11 Å². The fourth-order valence-electron chi connectivity index (χ4n) is 3.39. The second-order valence-corrected chi connectivity index (χ2v) is 7.78. The van der Waals surface area contributed by atoms with E-state index < -0.39 is 29.9 Å². The number of rotatable bonds is 9. The Hall–Kier alpha value is -1.81. The Morgan fingerprint density at radius 2 is 2.04 bits per heavy atom. The summed E-state index contributed by atoms with van der Waals surface area (Å²) in [5.41, 5.74) is 0. The van der Waals surface area contributed by atoms with Gasteiger partial charge in [-0.3, -0.25) is 14.4 Å². The van der Waals surface area contributed by atoms with Gasteiger partial charge in [-0.15, -0.1) is 0 Å². The summed E-state index contributed by atoms with van der Waals surface area (Å²) in [6.45, 7) is 0.899. The Kier molecular flexibility index (Phi) is 8.36. The molecule has 0 aromatic carbocycles. The fraction of sp³-hybridized carbons (Fsp3) is 0.765. The van der Waals surface area contributed by atoms with Crippen LogP contribution >= 0.6 is 11.8 Å². The first-order valence-corrected chi connectivity index (χ1v) is 10.7. The van der Waals surface area contributed by atoms with Gasteiger partial charge in [0.15, 0.2) is 0 Å². The van der Waals surface area contributed by atoms with Gasteiger partial charge in [0, 0.05) is 6.54 Å². The van der Waals surface area contributed by atoms with Gasteiger partial charge in [-0.1, -0.05) is 0 Å². The zero-order valence-electron chi connectivity index (χ0n) is 15.5. The van der Waals surface area contributed by atoms with Crippen molar-refractivity contribution in [1.29, 1.82) is 0 Å². The van der Waals surface area contributed by atoms with E-state index in [0.717, 1.165) is 19.4 Å². The standard InChI is InChI=1S/C17H28N4O5S/c1-27-9-6-12(20-16(24)11-4-2-7-18-11)15(23)19-10-14(22)21-8-3-5-13(21)17(25)26/h11-13,18H,2-10H2,1H3,(H,19,23)(H,20,24)(H,25,26). The number of nitrogens with one attached hydrogen (secondary N) is 3. The lowest BCUT2D eigenvalue weighted by molar-refractivity contribution is -0.148. The fourth-order valence-corrected chi connectivity index (χ4v) is 3.87. The van der Waals surface area contributed by atoms with Crippen LogP contribution in [0, 0.1) is 0 Å². The van der Waals surface area contributed by atoms with E-state index in [9.17, 15) is 19.2 Å². The summed E-state index contributed by atoms with van der Waals surface area (Å²) in [4.78, 5) is 49.5. The summed E-state index contributed by atoms with van der Waals surface area (Å²) >= 11 is 1.57. The normalized spacial score (nSPS) is 23.1. The van der Waals surface area contributed by atoms with Gasteiger partial charge in [0.05, 0.1) is 12.6 Å². The Balaban J connectivity index is 1.87. The number of carboxylic acids is 1. The number of thioether (sulfide) groups is 1. The minimum atomic E-state index is -1.03. The van der Waals surface area contributed by atoms with Crippen LogP contribution < -0.4 is 16.0 Å². The highest BCUT2D eigenvalue weighted by molar-refractivity contribution is 7.98. The van der Waals surface area contributed by atoms with Crippen molar-refractivity contribution < 1.29 is 24.3 Å². The molecule has 9 nitrogen and oxygen atoms in total. The topological polar surface area (TPSA) is 128 Å². The molecule has 0 spiro atoms. The minimum absolute atomic E-state index is 0.203. The van der Waals surface area contributed by atoms with E-state index in [2.05, 4.69) is 16.0 Å². The highest BCUT2D eigenvalue weighted by atomic mass is 32.2. The molecule has 2 aliphatic rings. The summed E-state index contributed by atoms with van der Waals surface area (Å²) in [5, 5.41) is 17.6. The molecule has 0 radical (unpaired) electrons. The molecule has 3 atom stereocenters. The molecule has 2 aliphatic heterocycles. The molecule has 0 aliphatic carbocycles. The van der Waals surface area contributed by atoms with Crippen LogP contribution in [-0.4, -0.2) is 83.5 Å². The van der Waals surface area contributed by atoms with Gasteiger partial charge in [-0.05, 0) is 50.7 Å². The number of likely N-dealkylation sites (tertiary alicyclic amines) is 1. The Labute approximate surface area is 163 Å². The molecule has 0 aromatic rings. The summed E-state index contributed by atoms with van der Waals surface area (Å²) in [6, 6.07) is -1.82. The number of carbonyl (C=O) groups is 4. The smallest absolute Gasteiger partial charge is 0.326 e. The lowest BCUT2D eigenvalue weighted by atomic mass is 10.1. The van der Waals surface area contributed by atoms with Crippen molar-refractivity contribution in [3.63, 3.8) is 0 Å². The van der Waals surface area contributed by atoms with Crippen molar-refractivity contribution in [3.05, 3.63) is 0 Å². The lowest BCUT2D eigenvalue weighted by Crippen LogP contribution is -2.53. The number of nitrogens with zero attached hydrogens (tertiary/aromatic N) is 1. The van der Waals surface area contributed by atoms with E-state index in [1.807, 2.05) is 6.26 Å². The summed E-state index contributed by atoms with van der Waals surface area (Å²) in [6.07, 6.45) is 5.11. The minimum Gasteiger partial charge on any atom is -0.480 e. The number of hydrogen-bond acceptors (Lipinski definition) is 6. The Bertz CT molecular complexity index is 568. The van der Waals surface area contributed by atoms with Gasteiger partial charge in [0.1, 0.15) is 12.1 Å². The first-order valence-electron chi connectivity index (χ1n) is 9.26. The third-order valence-corrected chi connectivity index (χ3v) is 5.54. The molecule has 27 heavy (non-hydrogen) atoms. The van der Waals surface area contributed by atoms with E-state index in [0.29, 0.717) is 31.6 Å². The Morgan fingerprint density at radius 1 is 1.26 bits per heavy atom. The molecule has 2 saturated heterocycles. The number of carboxylic acid groups (broad SMARTS) is 1. The van der Waals surface area contributed by atoms with Gasteiger partial charge in [-0.2, -0.15) is 11.8 Å². The number of carbonyl (C=O) groups excluding carboxylic acids is 3. The van der Waals surface area contributed by atoms with Crippen LogP contribution in [0.25, 0.3) is 0 Å². The monoisotopic (exact) mass is 400 g/mol. The van der Waals surface area contributed by atoms with Crippen molar-refractivity contribution in [3.8, 4) is 0 Å². The molecule has 2 rings (SSSR count). The maximum Gasteiger partial charge on any atom is 0.326 e. The molecule has 0 aromatic heterocycles. The molecule has 4 N–H and O–H groups in total. The van der Waals surface area contributed by atoms with Crippen molar-refractivity contribution in [2.24, 2.45) is 0 Å². The molecule has 3 amide bonds. The van der Waals surface area contributed by atoms with Crippen LogP contribution in [0.1, 0.15) is 32.1 Å². The lowest BCUT2D eigenvalue weighted by Gasteiger charge is -2.23. The number of aliphatic carboxylic acids is 1. The van der Waals surface area contributed by atoms with Gasteiger partial charge >= 0.3 is 5.97 Å². The second kappa shape index (κ2) is 10.5. The Morgan fingerprint density at radius 3 is 2.67 bits per heavy atom. The molecule has 152 valence electrons. The van der Waals surface area contributed by atoms with E-state index in [1.54, 1.807) is 11.8 Å². The highest BCUT2D eigenvalue weighted by Gasteiger charge is 2.34. The second-order valence-electron chi connectivity index (χ2n) is 6.79. The maximum atomic E-state index is 12.5. The van der Waals surface area contributed by atoms with Gasteiger partial charge < -0.3 is 26.0 Å². The van der Waals surface area contributed by atoms with Crippen molar-refractivity contribution in [2.75, 3.05) is 31.6 Å². The first kappa shape index (κ1) is 21.5. The zero-order valence-corrected chi connectivity index (χ0v) is 16.3. The third kappa shape index (κ3) is 6.10. The van der Waals surface area contributed by atoms with Crippen molar-refractivity contribution in [2.45, 2.75) is 50.2 Å². The molecular weight excluding hydrogens is 372 g/mol. The van der Waals surface area contributed by atoms with Crippen LogP contribution in [0.5, 0.6) is 0 Å². The molecule has 10 heteroatoms. The van der Waals surface area contributed by atoms with Gasteiger partial charge in [0.2, 0.25) is 17.7 Å². The van der Waals surface area contributed by atoms with E-state index in [-0.39, 0.29) is 18.5 Å². The zero-order chi connectivity index (χ0) is 19.8. The van der Waals surface area contributed by atoms with Crippen LogP contribution in [-0.2, 0) is 19.2 Å². The van der Waals surface area contributed by atoms with Crippen molar-refractivity contribution in [1.82, 2.24) is 20.9 Å². The van der Waals surface area contributed by atoms with Crippen LogP contribution in [0.4, 0.5) is 0 Å². The van der Waals surface area contributed by atoms with E-state index >= 15 is 0 Å².